The normalized spacial score (nSPS) is 10.7. The van der Waals surface area contributed by atoms with Gasteiger partial charge in [0.25, 0.3) is 5.91 Å². The number of carbonyl (C=O) groups is 1. The molecule has 4 aromatic rings. The second-order valence-electron chi connectivity index (χ2n) is 6.79. The Balaban J connectivity index is 1.79. The van der Waals surface area contributed by atoms with Gasteiger partial charge in [0.1, 0.15) is 5.75 Å². The molecular weight excluding hydrogens is 435 g/mol. The van der Waals surface area contributed by atoms with Crippen LogP contribution >= 0.6 is 23.2 Å². The Hall–Kier alpha value is -3.35. The number of para-hydroxylation sites is 2. The summed E-state index contributed by atoms with van der Waals surface area (Å²) >= 11 is 12.3. The van der Waals surface area contributed by atoms with Crippen LogP contribution in [0.5, 0.6) is 5.75 Å². The lowest BCUT2D eigenvalue weighted by atomic mass is 10.1. The van der Waals surface area contributed by atoms with Crippen molar-refractivity contribution < 1.29 is 9.53 Å². The molecule has 3 aromatic carbocycles. The van der Waals surface area contributed by atoms with E-state index in [-0.39, 0.29) is 5.82 Å². The predicted molar refractivity (Wildman–Crippen MR) is 122 cm³/mol. The molecule has 1 heterocycles. The number of aromatic nitrogens is 3. The summed E-state index contributed by atoms with van der Waals surface area (Å²) in [7, 11) is 1.54. The summed E-state index contributed by atoms with van der Waals surface area (Å²) in [6.45, 7) is 1.98. The zero-order valence-corrected chi connectivity index (χ0v) is 18.3. The van der Waals surface area contributed by atoms with Crippen LogP contribution in [-0.2, 0) is 0 Å². The van der Waals surface area contributed by atoms with Gasteiger partial charge in [-0.1, -0.05) is 59.1 Å². The highest BCUT2D eigenvalue weighted by Gasteiger charge is 2.20. The van der Waals surface area contributed by atoms with Gasteiger partial charge in [-0.2, -0.15) is 0 Å². The third kappa shape index (κ3) is 4.40. The van der Waals surface area contributed by atoms with Gasteiger partial charge in [-0.3, -0.25) is 4.79 Å². The summed E-state index contributed by atoms with van der Waals surface area (Å²) in [6, 6.07) is 20.0. The van der Waals surface area contributed by atoms with Gasteiger partial charge in [-0.15, -0.1) is 5.10 Å². The summed E-state index contributed by atoms with van der Waals surface area (Å²) in [5.41, 5.74) is 3.03. The van der Waals surface area contributed by atoms with E-state index in [2.05, 4.69) is 15.4 Å². The number of hydrogen-bond acceptors (Lipinski definition) is 4. The Bertz CT molecular complexity index is 1270. The van der Waals surface area contributed by atoms with Crippen molar-refractivity contribution in [2.75, 3.05) is 12.4 Å². The number of ether oxygens (including phenoxy) is 1. The molecule has 156 valence electrons. The lowest BCUT2D eigenvalue weighted by Crippen LogP contribution is -2.15. The third-order valence-corrected chi connectivity index (χ3v) is 5.33. The van der Waals surface area contributed by atoms with Gasteiger partial charge < -0.3 is 10.1 Å². The number of hydrogen-bond donors (Lipinski definition) is 1. The molecule has 0 bridgehead atoms. The van der Waals surface area contributed by atoms with Crippen molar-refractivity contribution in [2.45, 2.75) is 6.92 Å². The molecule has 1 N–H and O–H groups in total. The number of rotatable bonds is 5. The van der Waals surface area contributed by atoms with Crippen molar-refractivity contribution in [2.24, 2.45) is 0 Å². The van der Waals surface area contributed by atoms with Gasteiger partial charge in [0, 0.05) is 5.56 Å². The van der Waals surface area contributed by atoms with Gasteiger partial charge in [-0.25, -0.2) is 9.67 Å². The van der Waals surface area contributed by atoms with Crippen molar-refractivity contribution in [3.63, 3.8) is 0 Å². The highest BCUT2D eigenvalue weighted by Crippen LogP contribution is 2.28. The Morgan fingerprint density at radius 1 is 1.00 bits per heavy atom. The molecule has 4 rings (SSSR count). The van der Waals surface area contributed by atoms with Gasteiger partial charge in [0.2, 0.25) is 5.82 Å². The Kier molecular flexibility index (Phi) is 5.93. The van der Waals surface area contributed by atoms with Crippen LogP contribution in [0.4, 0.5) is 5.69 Å². The minimum Gasteiger partial charge on any atom is -0.495 e. The van der Waals surface area contributed by atoms with Crippen LogP contribution in [0, 0.1) is 6.92 Å². The molecule has 0 atom stereocenters. The van der Waals surface area contributed by atoms with Crippen molar-refractivity contribution in [3.8, 4) is 22.8 Å². The fourth-order valence-corrected chi connectivity index (χ4v) is 3.39. The fraction of sp³-hybridized carbons (Fsp3) is 0.0870. The summed E-state index contributed by atoms with van der Waals surface area (Å²) in [6.07, 6.45) is 0. The van der Waals surface area contributed by atoms with E-state index in [1.165, 1.54) is 7.11 Å². The minimum atomic E-state index is -0.461. The largest absolute Gasteiger partial charge is 0.495 e. The highest BCUT2D eigenvalue weighted by atomic mass is 35.5. The minimum absolute atomic E-state index is 0.00786. The van der Waals surface area contributed by atoms with Crippen LogP contribution in [0.1, 0.15) is 16.2 Å². The number of aryl methyl sites for hydroxylation is 1. The summed E-state index contributed by atoms with van der Waals surface area (Å²) in [5.74, 6) is 0.594. The van der Waals surface area contributed by atoms with Crippen LogP contribution in [0.3, 0.4) is 0 Å². The summed E-state index contributed by atoms with van der Waals surface area (Å²) in [4.78, 5) is 17.5. The summed E-state index contributed by atoms with van der Waals surface area (Å²) in [5, 5.41) is 8.07. The monoisotopic (exact) mass is 452 g/mol. The van der Waals surface area contributed by atoms with E-state index in [9.17, 15) is 4.79 Å². The molecule has 0 aliphatic carbocycles. The van der Waals surface area contributed by atoms with E-state index in [0.717, 1.165) is 11.1 Å². The molecule has 0 aliphatic heterocycles. The second-order valence-corrected chi connectivity index (χ2v) is 7.61. The van der Waals surface area contributed by atoms with Gasteiger partial charge >= 0.3 is 0 Å². The average molecular weight is 453 g/mol. The molecule has 1 aromatic heterocycles. The van der Waals surface area contributed by atoms with Gasteiger partial charge in [-0.05, 0) is 43.3 Å². The number of nitrogens with zero attached hydrogens (tertiary/aromatic N) is 3. The van der Waals surface area contributed by atoms with Crippen molar-refractivity contribution >= 4 is 34.8 Å². The van der Waals surface area contributed by atoms with E-state index in [1.807, 2.05) is 37.3 Å². The van der Waals surface area contributed by atoms with E-state index < -0.39 is 5.91 Å². The van der Waals surface area contributed by atoms with E-state index in [4.69, 9.17) is 27.9 Å². The number of carbonyl (C=O) groups excluding carboxylic acids is 1. The fourth-order valence-electron chi connectivity index (χ4n) is 3.10. The SMILES string of the molecule is COc1ccccc1NC(=O)c1nc(-c2cccc(C)c2)n(-c2ccc(Cl)c(Cl)c2)n1. The Labute approximate surface area is 189 Å². The van der Waals surface area contributed by atoms with Gasteiger partial charge in [0.15, 0.2) is 5.82 Å². The smallest absolute Gasteiger partial charge is 0.295 e. The maximum Gasteiger partial charge on any atom is 0.295 e. The number of halogens is 2. The first-order valence-corrected chi connectivity index (χ1v) is 10.2. The van der Waals surface area contributed by atoms with E-state index in [1.54, 1.807) is 41.1 Å². The third-order valence-electron chi connectivity index (χ3n) is 4.59. The lowest BCUT2D eigenvalue weighted by molar-refractivity contribution is 0.101. The van der Waals surface area contributed by atoms with Crippen LogP contribution in [0.15, 0.2) is 66.7 Å². The first kappa shape index (κ1) is 20.9. The Morgan fingerprint density at radius 2 is 1.81 bits per heavy atom. The van der Waals surface area contributed by atoms with Crippen molar-refractivity contribution in [1.82, 2.24) is 14.8 Å². The molecule has 0 spiro atoms. The molecule has 0 aliphatic rings. The second kappa shape index (κ2) is 8.79. The predicted octanol–water partition coefficient (Wildman–Crippen LogP) is 5.81. The molecule has 0 radical (unpaired) electrons. The quantitative estimate of drug-likeness (QED) is 0.414. The standard InChI is InChI=1S/C23H18Cl2N4O2/c1-14-6-5-7-15(12-14)22-27-21(23(30)26-19-8-3-4-9-20(19)31-2)28-29(22)16-10-11-17(24)18(25)13-16/h3-13H,1-2H3,(H,26,30). The average Bonchev–Trinajstić information content (AvgIpc) is 3.22. The molecule has 6 nitrogen and oxygen atoms in total. The molecule has 0 fully saturated rings. The number of methoxy groups -OCH3 is 1. The topological polar surface area (TPSA) is 69.0 Å². The maximum absolute atomic E-state index is 12.9. The molecule has 0 unspecified atom stereocenters. The van der Waals surface area contributed by atoms with E-state index >= 15 is 0 Å². The van der Waals surface area contributed by atoms with E-state index in [0.29, 0.717) is 33.0 Å². The Morgan fingerprint density at radius 3 is 2.55 bits per heavy atom. The number of nitrogens with one attached hydrogen (secondary N) is 1. The number of benzene rings is 3. The zero-order valence-electron chi connectivity index (χ0n) is 16.8. The molecule has 8 heteroatoms. The molecular formula is C23H18Cl2N4O2. The van der Waals surface area contributed by atoms with Crippen LogP contribution in [0.25, 0.3) is 17.1 Å². The van der Waals surface area contributed by atoms with Crippen LogP contribution in [0.2, 0.25) is 10.0 Å². The molecule has 0 saturated carbocycles. The van der Waals surface area contributed by atoms with Gasteiger partial charge in [0.05, 0.1) is 28.5 Å². The molecule has 1 amide bonds. The highest BCUT2D eigenvalue weighted by molar-refractivity contribution is 6.42. The zero-order chi connectivity index (χ0) is 22.0. The first-order valence-electron chi connectivity index (χ1n) is 9.40. The van der Waals surface area contributed by atoms with Crippen LogP contribution < -0.4 is 10.1 Å². The van der Waals surface area contributed by atoms with Crippen molar-refractivity contribution in [1.29, 1.82) is 0 Å². The van der Waals surface area contributed by atoms with Crippen molar-refractivity contribution in [3.05, 3.63) is 88.2 Å². The molecule has 0 saturated heterocycles. The number of anilines is 1. The lowest BCUT2D eigenvalue weighted by Gasteiger charge is -2.08. The van der Waals surface area contributed by atoms with Crippen LogP contribution in [-0.4, -0.2) is 27.8 Å². The first-order chi connectivity index (χ1) is 15.0. The molecule has 31 heavy (non-hydrogen) atoms. The number of amides is 1. The maximum atomic E-state index is 12.9. The summed E-state index contributed by atoms with van der Waals surface area (Å²) < 4.78 is 6.88.